The van der Waals surface area contributed by atoms with Crippen molar-refractivity contribution in [1.82, 2.24) is 20.0 Å². The van der Waals surface area contributed by atoms with Crippen LogP contribution in [0.3, 0.4) is 0 Å². The molecule has 2 heterocycles. The molecule has 1 amide bonds. The Morgan fingerprint density at radius 1 is 1.42 bits per heavy atom. The molecule has 106 valence electrons. The summed E-state index contributed by atoms with van der Waals surface area (Å²) >= 11 is 1.55. The van der Waals surface area contributed by atoms with Crippen LogP contribution in [-0.2, 0) is 11.3 Å². The largest absolute Gasteiger partial charge is 0.360 e. The molecule has 1 N–H and O–H groups in total. The SMILES string of the molecule is CCNc1nnc(CN(C)CC(=O)N2CCCC2)s1. The van der Waals surface area contributed by atoms with Crippen molar-refractivity contribution < 1.29 is 4.79 Å². The minimum Gasteiger partial charge on any atom is -0.360 e. The lowest BCUT2D eigenvalue weighted by Gasteiger charge is -2.20. The van der Waals surface area contributed by atoms with E-state index in [2.05, 4.69) is 15.5 Å². The van der Waals surface area contributed by atoms with Gasteiger partial charge in [0.05, 0.1) is 13.1 Å². The van der Waals surface area contributed by atoms with E-state index in [1.165, 1.54) is 0 Å². The van der Waals surface area contributed by atoms with E-state index in [0.29, 0.717) is 13.1 Å². The molecule has 2 rings (SSSR count). The van der Waals surface area contributed by atoms with Crippen LogP contribution < -0.4 is 5.32 Å². The third kappa shape index (κ3) is 4.14. The summed E-state index contributed by atoms with van der Waals surface area (Å²) in [5, 5.41) is 13.1. The number of carbonyl (C=O) groups is 1. The van der Waals surface area contributed by atoms with E-state index in [-0.39, 0.29) is 5.91 Å². The molecule has 0 spiro atoms. The topological polar surface area (TPSA) is 61.4 Å². The number of nitrogens with zero attached hydrogens (tertiary/aromatic N) is 4. The molecule has 7 heteroatoms. The number of rotatable bonds is 6. The first-order chi connectivity index (χ1) is 9.19. The summed E-state index contributed by atoms with van der Waals surface area (Å²) in [6.45, 7) is 5.82. The van der Waals surface area contributed by atoms with Crippen LogP contribution in [0.4, 0.5) is 5.13 Å². The van der Waals surface area contributed by atoms with Gasteiger partial charge in [0.1, 0.15) is 5.01 Å². The number of hydrogen-bond acceptors (Lipinski definition) is 6. The van der Waals surface area contributed by atoms with Crippen LogP contribution in [0.2, 0.25) is 0 Å². The molecule has 1 saturated heterocycles. The van der Waals surface area contributed by atoms with Gasteiger partial charge in [-0.05, 0) is 26.8 Å². The first kappa shape index (κ1) is 14.2. The monoisotopic (exact) mass is 283 g/mol. The highest BCUT2D eigenvalue weighted by Gasteiger charge is 2.19. The fourth-order valence-corrected chi connectivity index (χ4v) is 3.01. The number of carbonyl (C=O) groups excluding carboxylic acids is 1. The Kier molecular flexibility index (Phi) is 5.09. The van der Waals surface area contributed by atoms with Gasteiger partial charge < -0.3 is 10.2 Å². The Hall–Kier alpha value is -1.21. The van der Waals surface area contributed by atoms with E-state index in [1.807, 2.05) is 23.8 Å². The van der Waals surface area contributed by atoms with E-state index in [9.17, 15) is 4.79 Å². The molecule has 0 aliphatic carbocycles. The summed E-state index contributed by atoms with van der Waals surface area (Å²) in [5.41, 5.74) is 0. The number of likely N-dealkylation sites (tertiary alicyclic amines) is 1. The average molecular weight is 283 g/mol. The standard InChI is InChI=1S/C12H21N5OS/c1-3-13-12-15-14-10(19-12)8-16(2)9-11(18)17-6-4-5-7-17/h3-9H2,1-2H3,(H,13,15). The minimum absolute atomic E-state index is 0.219. The summed E-state index contributed by atoms with van der Waals surface area (Å²) < 4.78 is 0. The molecule has 0 bridgehead atoms. The molecule has 0 saturated carbocycles. The highest BCUT2D eigenvalue weighted by Crippen LogP contribution is 2.16. The van der Waals surface area contributed by atoms with Gasteiger partial charge in [0.15, 0.2) is 0 Å². The third-order valence-electron chi connectivity index (χ3n) is 3.06. The second-order valence-electron chi connectivity index (χ2n) is 4.79. The first-order valence-corrected chi connectivity index (χ1v) is 7.53. The molecular formula is C12H21N5OS. The van der Waals surface area contributed by atoms with Crippen molar-refractivity contribution in [3.05, 3.63) is 5.01 Å². The Morgan fingerprint density at radius 3 is 2.84 bits per heavy atom. The fraction of sp³-hybridized carbons (Fsp3) is 0.750. The zero-order valence-corrected chi connectivity index (χ0v) is 12.4. The van der Waals surface area contributed by atoms with Gasteiger partial charge in [0.2, 0.25) is 11.0 Å². The number of likely N-dealkylation sites (N-methyl/N-ethyl adjacent to an activating group) is 1. The molecule has 0 aromatic carbocycles. The molecule has 1 fully saturated rings. The molecule has 1 aromatic heterocycles. The molecule has 19 heavy (non-hydrogen) atoms. The van der Waals surface area contributed by atoms with Gasteiger partial charge in [-0.2, -0.15) is 0 Å². The maximum Gasteiger partial charge on any atom is 0.236 e. The van der Waals surface area contributed by atoms with Crippen LogP contribution in [-0.4, -0.2) is 59.1 Å². The van der Waals surface area contributed by atoms with E-state index in [0.717, 1.165) is 42.6 Å². The molecule has 1 aromatic rings. The van der Waals surface area contributed by atoms with Crippen LogP contribution in [0.15, 0.2) is 0 Å². The van der Waals surface area contributed by atoms with Crippen LogP contribution in [0.25, 0.3) is 0 Å². The fourth-order valence-electron chi connectivity index (χ4n) is 2.12. The van der Waals surface area contributed by atoms with Crippen molar-refractivity contribution in [1.29, 1.82) is 0 Å². The molecule has 1 aliphatic rings. The van der Waals surface area contributed by atoms with E-state index >= 15 is 0 Å². The van der Waals surface area contributed by atoms with E-state index < -0.39 is 0 Å². The van der Waals surface area contributed by atoms with E-state index in [1.54, 1.807) is 11.3 Å². The van der Waals surface area contributed by atoms with Crippen LogP contribution in [0, 0.1) is 0 Å². The van der Waals surface area contributed by atoms with Crippen molar-refractivity contribution >= 4 is 22.4 Å². The molecule has 0 atom stereocenters. The van der Waals surface area contributed by atoms with Gasteiger partial charge in [0, 0.05) is 19.6 Å². The molecule has 0 radical (unpaired) electrons. The smallest absolute Gasteiger partial charge is 0.236 e. The van der Waals surface area contributed by atoms with Gasteiger partial charge in [0.25, 0.3) is 0 Å². The summed E-state index contributed by atoms with van der Waals surface area (Å²) in [4.78, 5) is 15.9. The summed E-state index contributed by atoms with van der Waals surface area (Å²) in [5.74, 6) is 0.219. The summed E-state index contributed by atoms with van der Waals surface area (Å²) in [6, 6.07) is 0. The number of nitrogens with one attached hydrogen (secondary N) is 1. The van der Waals surface area contributed by atoms with Gasteiger partial charge in [-0.15, -0.1) is 10.2 Å². The summed E-state index contributed by atoms with van der Waals surface area (Å²) in [6.07, 6.45) is 2.27. The highest BCUT2D eigenvalue weighted by molar-refractivity contribution is 7.15. The average Bonchev–Trinajstić information content (AvgIpc) is 3.00. The van der Waals surface area contributed by atoms with Crippen molar-refractivity contribution in [3.63, 3.8) is 0 Å². The van der Waals surface area contributed by atoms with Gasteiger partial charge in [-0.25, -0.2) is 0 Å². The molecule has 6 nitrogen and oxygen atoms in total. The quantitative estimate of drug-likeness (QED) is 0.845. The maximum absolute atomic E-state index is 12.0. The lowest BCUT2D eigenvalue weighted by Crippen LogP contribution is -2.36. The lowest BCUT2D eigenvalue weighted by atomic mass is 10.4. The maximum atomic E-state index is 12.0. The van der Waals surface area contributed by atoms with Crippen molar-refractivity contribution in [2.45, 2.75) is 26.3 Å². The van der Waals surface area contributed by atoms with Crippen LogP contribution in [0.1, 0.15) is 24.8 Å². The predicted molar refractivity (Wildman–Crippen MR) is 76.2 cm³/mol. The zero-order valence-electron chi connectivity index (χ0n) is 11.6. The predicted octanol–water partition coefficient (Wildman–Crippen LogP) is 1.02. The number of hydrogen-bond donors (Lipinski definition) is 1. The number of amides is 1. The normalized spacial score (nSPS) is 15.2. The lowest BCUT2D eigenvalue weighted by molar-refractivity contribution is -0.131. The van der Waals surface area contributed by atoms with Crippen LogP contribution >= 0.6 is 11.3 Å². The van der Waals surface area contributed by atoms with Gasteiger partial charge in [-0.1, -0.05) is 11.3 Å². The molecule has 1 aliphatic heterocycles. The Bertz CT molecular complexity index is 416. The first-order valence-electron chi connectivity index (χ1n) is 6.71. The minimum atomic E-state index is 0.219. The van der Waals surface area contributed by atoms with E-state index in [4.69, 9.17) is 0 Å². The molecular weight excluding hydrogens is 262 g/mol. The van der Waals surface area contributed by atoms with Gasteiger partial charge >= 0.3 is 0 Å². The van der Waals surface area contributed by atoms with Crippen molar-refractivity contribution in [2.75, 3.05) is 38.5 Å². The second-order valence-corrected chi connectivity index (χ2v) is 5.85. The number of aromatic nitrogens is 2. The summed E-state index contributed by atoms with van der Waals surface area (Å²) in [7, 11) is 1.95. The molecule has 0 unspecified atom stereocenters. The Labute approximate surface area is 117 Å². The Balaban J connectivity index is 1.79. The number of anilines is 1. The van der Waals surface area contributed by atoms with Crippen molar-refractivity contribution in [2.24, 2.45) is 0 Å². The third-order valence-corrected chi connectivity index (χ3v) is 3.93. The highest BCUT2D eigenvalue weighted by atomic mass is 32.1. The second kappa shape index (κ2) is 6.81. The zero-order chi connectivity index (χ0) is 13.7. The Morgan fingerprint density at radius 2 is 2.16 bits per heavy atom. The van der Waals surface area contributed by atoms with Crippen LogP contribution in [0.5, 0.6) is 0 Å². The van der Waals surface area contributed by atoms with Gasteiger partial charge in [-0.3, -0.25) is 9.69 Å². The van der Waals surface area contributed by atoms with Crippen molar-refractivity contribution in [3.8, 4) is 0 Å².